The third-order valence-corrected chi connectivity index (χ3v) is 10.4. The molecule has 0 saturated carbocycles. The van der Waals surface area contributed by atoms with Crippen molar-refractivity contribution in [1.29, 1.82) is 0 Å². The van der Waals surface area contributed by atoms with Crippen molar-refractivity contribution in [2.75, 3.05) is 39.6 Å². The Bertz CT molecular complexity index is 1980. The van der Waals surface area contributed by atoms with Crippen molar-refractivity contribution in [3.63, 3.8) is 0 Å². The molecule has 2 aliphatic rings. The lowest BCUT2D eigenvalue weighted by Gasteiger charge is -2.26. The summed E-state index contributed by atoms with van der Waals surface area (Å²) in [4.78, 5) is 0. The van der Waals surface area contributed by atoms with E-state index >= 15 is 0 Å². The van der Waals surface area contributed by atoms with Gasteiger partial charge in [-0.3, -0.25) is 9.11 Å². The Morgan fingerprint density at radius 2 is 0.833 bits per heavy atom. The van der Waals surface area contributed by atoms with Gasteiger partial charge in [-0.05, 0) is 77.7 Å². The summed E-state index contributed by atoms with van der Waals surface area (Å²) in [5.74, 6) is 2.63. The summed E-state index contributed by atoms with van der Waals surface area (Å²) in [6.07, 6.45) is -2.15. The number of hydrogen-bond donors (Lipinski definition) is 5. The molecule has 4 atom stereocenters. The molecule has 2 fully saturated rings. The van der Waals surface area contributed by atoms with Crippen molar-refractivity contribution in [2.24, 2.45) is 0 Å². The molecule has 2 aliphatic heterocycles. The van der Waals surface area contributed by atoms with Gasteiger partial charge in [0.25, 0.3) is 0 Å². The van der Waals surface area contributed by atoms with Gasteiger partial charge in [0, 0.05) is 10.8 Å². The fraction of sp³-hybridized carbons (Fsp3) is 0.415. The molecule has 332 valence electrons. The first-order valence-electron chi connectivity index (χ1n) is 18.4. The van der Waals surface area contributed by atoms with Crippen molar-refractivity contribution in [2.45, 2.75) is 70.1 Å². The second-order valence-corrected chi connectivity index (χ2v) is 16.9. The monoisotopic (exact) mass is 880 g/mol. The minimum Gasteiger partial charge on any atom is -0.491 e. The van der Waals surface area contributed by atoms with E-state index in [1.165, 1.54) is 18.1 Å². The molecule has 0 aromatic heterocycles. The van der Waals surface area contributed by atoms with Gasteiger partial charge in [0.05, 0.1) is 13.2 Å². The first kappa shape index (κ1) is 50.0. The molecular weight excluding hydrogens is 825 g/mol. The molecule has 60 heavy (non-hydrogen) atoms. The molecule has 0 radical (unpaired) electrons. The molecule has 19 heteroatoms. The lowest BCUT2D eigenvalue weighted by molar-refractivity contribution is -0.0495. The summed E-state index contributed by atoms with van der Waals surface area (Å²) >= 11 is 0. The average Bonchev–Trinajstić information content (AvgIpc) is 4.11. The number of benzene rings is 4. The Hall–Kier alpha value is -4.38. The van der Waals surface area contributed by atoms with Crippen LogP contribution in [0.5, 0.6) is 23.0 Å². The molecule has 6 rings (SSSR count). The van der Waals surface area contributed by atoms with Gasteiger partial charge in [0.15, 0.2) is 0 Å². The minimum absolute atomic E-state index is 0. The van der Waals surface area contributed by atoms with Gasteiger partial charge in [-0.15, -0.1) is 0 Å². The SMILES string of the molecule is CC(C)(c1ccc(OCC2CO2)cc1)c1ccc(OCC2CO2)cc1.CC(COc1ccc(C(C)(C)c2ccc(OCC(O)OS(=O)(=O)O)cc2)cc1)OS(=O)(=O)O.N.N. The first-order chi connectivity index (χ1) is 27.3. The highest BCUT2D eigenvalue weighted by Gasteiger charge is 2.27. The van der Waals surface area contributed by atoms with Gasteiger partial charge < -0.3 is 45.8 Å². The molecule has 0 aliphatic carbocycles. The summed E-state index contributed by atoms with van der Waals surface area (Å²) in [6, 6.07) is 30.8. The van der Waals surface area contributed by atoms with E-state index in [1.807, 2.05) is 62.4 Å². The number of ether oxygens (including phenoxy) is 6. The maximum atomic E-state index is 10.7. The van der Waals surface area contributed by atoms with E-state index in [0.29, 0.717) is 24.7 Å². The molecule has 17 nitrogen and oxygen atoms in total. The smallest absolute Gasteiger partial charge is 0.400 e. The third-order valence-electron chi connectivity index (χ3n) is 9.38. The Balaban J connectivity index is 0.000000319. The Kier molecular flexibility index (Phi) is 17.8. The van der Waals surface area contributed by atoms with Crippen molar-refractivity contribution in [3.05, 3.63) is 119 Å². The van der Waals surface area contributed by atoms with Gasteiger partial charge in [-0.2, -0.15) is 16.8 Å². The fourth-order valence-electron chi connectivity index (χ4n) is 5.70. The fourth-order valence-corrected chi connectivity index (χ4v) is 6.50. The van der Waals surface area contributed by atoms with Crippen LogP contribution in [-0.4, -0.2) is 95.3 Å². The largest absolute Gasteiger partial charge is 0.491 e. The molecule has 4 aromatic rings. The molecule has 0 amide bonds. The summed E-state index contributed by atoms with van der Waals surface area (Å²) < 4.78 is 101. The predicted molar refractivity (Wildman–Crippen MR) is 222 cm³/mol. The van der Waals surface area contributed by atoms with E-state index in [-0.39, 0.29) is 36.5 Å². The van der Waals surface area contributed by atoms with E-state index in [0.717, 1.165) is 35.8 Å². The number of rotatable bonds is 20. The summed E-state index contributed by atoms with van der Waals surface area (Å²) in [5.41, 5.74) is 3.91. The van der Waals surface area contributed by atoms with Crippen LogP contribution in [0.1, 0.15) is 56.9 Å². The zero-order valence-corrected chi connectivity index (χ0v) is 35.9. The van der Waals surface area contributed by atoms with Crippen molar-refractivity contribution >= 4 is 20.8 Å². The first-order valence-corrected chi connectivity index (χ1v) is 21.2. The van der Waals surface area contributed by atoms with Gasteiger partial charge in [-0.1, -0.05) is 76.2 Å². The molecule has 0 spiro atoms. The van der Waals surface area contributed by atoms with E-state index in [9.17, 15) is 21.9 Å². The predicted octanol–water partition coefficient (Wildman–Crippen LogP) is 6.01. The molecule has 9 N–H and O–H groups in total. The highest BCUT2D eigenvalue weighted by atomic mass is 32.3. The number of aliphatic hydroxyl groups excluding tert-OH is 1. The highest BCUT2D eigenvalue weighted by molar-refractivity contribution is 7.81. The molecule has 0 bridgehead atoms. The zero-order chi connectivity index (χ0) is 42.1. The van der Waals surface area contributed by atoms with Crippen molar-refractivity contribution in [1.82, 2.24) is 12.3 Å². The molecule has 4 aromatic carbocycles. The third kappa shape index (κ3) is 16.2. The zero-order valence-electron chi connectivity index (χ0n) is 34.3. The van der Waals surface area contributed by atoms with Crippen LogP contribution in [0.15, 0.2) is 97.1 Å². The van der Waals surface area contributed by atoms with Crippen LogP contribution in [0, 0.1) is 0 Å². The number of aliphatic hydroxyl groups is 1. The summed E-state index contributed by atoms with van der Waals surface area (Å²) in [6.45, 7) is 12.2. The standard InChI is InChI=1S/C21H24O4.C20H26O11S2.2H3N/c1-21(2,15-3-7-17(8-4-15)22-11-19-13-24-19)16-5-9-18(10-6-16)23-12-20-14-25-20;1-14(30-32(22,23)24)12-28-17-8-4-15(5-9-17)20(2,3)16-6-10-18(11-7-16)29-13-19(21)31-33(25,26)27;;/h3-10,19-20H,11-14H2,1-2H3;4-11,14,19,21H,12-13H2,1-3H3,(H,22,23,24)(H,25,26,27);2*1H3. The van der Waals surface area contributed by atoms with E-state index < -0.39 is 45.2 Å². The maximum Gasteiger partial charge on any atom is 0.400 e. The molecule has 2 saturated heterocycles. The summed E-state index contributed by atoms with van der Waals surface area (Å²) in [7, 11) is -9.33. The van der Waals surface area contributed by atoms with Crippen LogP contribution in [0.4, 0.5) is 0 Å². The molecular formula is C41H56N2O15S2. The normalized spacial score (nSPS) is 17.0. The lowest BCUT2D eigenvalue weighted by Crippen LogP contribution is -2.24. The van der Waals surface area contributed by atoms with Crippen LogP contribution in [-0.2, 0) is 49.5 Å². The van der Waals surface area contributed by atoms with Gasteiger partial charge in [0.2, 0.25) is 6.29 Å². The van der Waals surface area contributed by atoms with Crippen molar-refractivity contribution < 1.29 is 67.8 Å². The van der Waals surface area contributed by atoms with Crippen molar-refractivity contribution in [3.8, 4) is 23.0 Å². The number of epoxide rings is 2. The van der Waals surface area contributed by atoms with Gasteiger partial charge in [0.1, 0.15) is 67.7 Å². The van der Waals surface area contributed by atoms with Crippen LogP contribution in [0.3, 0.4) is 0 Å². The lowest BCUT2D eigenvalue weighted by atomic mass is 9.78. The van der Waals surface area contributed by atoms with E-state index in [1.54, 1.807) is 24.3 Å². The Labute approximate surface area is 351 Å². The second-order valence-electron chi connectivity index (χ2n) is 14.8. The Morgan fingerprint density at radius 1 is 0.550 bits per heavy atom. The van der Waals surface area contributed by atoms with E-state index in [4.69, 9.17) is 37.5 Å². The molecule has 2 heterocycles. The number of hydrogen-bond acceptors (Lipinski definition) is 15. The van der Waals surface area contributed by atoms with Crippen LogP contribution < -0.4 is 31.2 Å². The maximum absolute atomic E-state index is 10.7. The average molecular weight is 881 g/mol. The van der Waals surface area contributed by atoms with Gasteiger partial charge in [-0.25, -0.2) is 8.37 Å². The Morgan fingerprint density at radius 3 is 1.12 bits per heavy atom. The summed E-state index contributed by atoms with van der Waals surface area (Å²) in [5, 5.41) is 9.38. The van der Waals surface area contributed by atoms with Crippen LogP contribution in [0.25, 0.3) is 0 Å². The molecule has 4 unspecified atom stereocenters. The topological polar surface area (TPSA) is 279 Å². The van der Waals surface area contributed by atoms with Crippen LogP contribution in [0.2, 0.25) is 0 Å². The highest BCUT2D eigenvalue weighted by Crippen LogP contribution is 2.35. The van der Waals surface area contributed by atoms with Crippen LogP contribution >= 0.6 is 0 Å². The van der Waals surface area contributed by atoms with Gasteiger partial charge >= 0.3 is 20.8 Å². The van der Waals surface area contributed by atoms with E-state index in [2.05, 4.69) is 46.5 Å². The quantitative estimate of drug-likeness (QED) is 0.0386. The minimum atomic E-state index is -4.78. The second kappa shape index (κ2) is 21.4.